The van der Waals surface area contributed by atoms with E-state index in [0.29, 0.717) is 6.54 Å². The third-order valence-corrected chi connectivity index (χ3v) is 2.76. The van der Waals surface area contributed by atoms with E-state index in [1.165, 1.54) is 19.1 Å². The maximum atomic E-state index is 13.3. The van der Waals surface area contributed by atoms with Crippen LogP contribution in [0.15, 0.2) is 24.3 Å². The van der Waals surface area contributed by atoms with Crippen LogP contribution in [0.5, 0.6) is 0 Å². The maximum absolute atomic E-state index is 13.3. The molecule has 0 aliphatic carbocycles. The van der Waals surface area contributed by atoms with Crippen molar-refractivity contribution in [2.75, 3.05) is 11.9 Å². The fourth-order valence-electron chi connectivity index (χ4n) is 1.78. The van der Waals surface area contributed by atoms with Crippen LogP contribution in [0, 0.1) is 5.82 Å². The molecule has 0 saturated carbocycles. The quantitative estimate of drug-likeness (QED) is 0.889. The summed E-state index contributed by atoms with van der Waals surface area (Å²) in [6, 6.07) is 6.03. The Morgan fingerprint density at radius 3 is 2.47 bits per heavy atom. The minimum absolute atomic E-state index is 0.0405. The van der Waals surface area contributed by atoms with Crippen molar-refractivity contribution in [2.45, 2.75) is 33.2 Å². The number of carbonyl (C=O) groups excluding carboxylic acids is 2. The molecular formula is C14H19FN2O2. The van der Waals surface area contributed by atoms with Crippen molar-refractivity contribution in [3.05, 3.63) is 30.1 Å². The van der Waals surface area contributed by atoms with Gasteiger partial charge in [0.15, 0.2) is 0 Å². The third kappa shape index (κ3) is 4.69. The number of para-hydroxylation sites is 1. The first-order valence-electron chi connectivity index (χ1n) is 6.23. The Balaban J connectivity index is 2.52. The summed E-state index contributed by atoms with van der Waals surface area (Å²) in [5.74, 6) is -0.853. The van der Waals surface area contributed by atoms with E-state index < -0.39 is 5.82 Å². The molecule has 0 saturated heterocycles. The molecule has 104 valence electrons. The fraction of sp³-hybridized carbons (Fsp3) is 0.429. The fourth-order valence-corrected chi connectivity index (χ4v) is 1.78. The van der Waals surface area contributed by atoms with Crippen molar-refractivity contribution in [1.29, 1.82) is 0 Å². The van der Waals surface area contributed by atoms with Crippen LogP contribution in [-0.2, 0) is 9.59 Å². The summed E-state index contributed by atoms with van der Waals surface area (Å²) in [6.45, 7) is 5.56. The number of nitrogens with zero attached hydrogens (tertiary/aromatic N) is 1. The molecule has 19 heavy (non-hydrogen) atoms. The van der Waals surface area contributed by atoms with Gasteiger partial charge in [0.25, 0.3) is 0 Å². The first-order chi connectivity index (χ1) is 8.91. The molecule has 1 aromatic rings. The number of hydrogen-bond acceptors (Lipinski definition) is 2. The lowest BCUT2D eigenvalue weighted by Crippen LogP contribution is -2.37. The molecule has 0 atom stereocenters. The zero-order chi connectivity index (χ0) is 14.4. The minimum Gasteiger partial charge on any atom is -0.340 e. The SMILES string of the molecule is CC(=O)N(CCC(=O)Nc1ccccc1F)C(C)C. The molecule has 0 aliphatic heterocycles. The second kappa shape index (κ2) is 6.87. The van der Waals surface area contributed by atoms with Crippen molar-refractivity contribution < 1.29 is 14.0 Å². The van der Waals surface area contributed by atoms with Gasteiger partial charge in [0, 0.05) is 25.9 Å². The van der Waals surface area contributed by atoms with Gasteiger partial charge in [0.1, 0.15) is 5.82 Å². The summed E-state index contributed by atoms with van der Waals surface area (Å²) in [5, 5.41) is 2.49. The molecular weight excluding hydrogens is 247 g/mol. The number of anilines is 1. The van der Waals surface area contributed by atoms with E-state index in [-0.39, 0.29) is 30.0 Å². The highest BCUT2D eigenvalue weighted by Gasteiger charge is 2.14. The normalized spacial score (nSPS) is 10.4. The van der Waals surface area contributed by atoms with Gasteiger partial charge < -0.3 is 10.2 Å². The lowest BCUT2D eigenvalue weighted by molar-refractivity contribution is -0.130. The first-order valence-corrected chi connectivity index (χ1v) is 6.23. The largest absolute Gasteiger partial charge is 0.340 e. The average molecular weight is 266 g/mol. The van der Waals surface area contributed by atoms with E-state index in [2.05, 4.69) is 5.32 Å². The highest BCUT2D eigenvalue weighted by Crippen LogP contribution is 2.12. The molecule has 0 unspecified atom stereocenters. The van der Waals surface area contributed by atoms with Crippen LogP contribution in [0.2, 0.25) is 0 Å². The molecule has 0 aliphatic rings. The molecule has 5 heteroatoms. The number of hydrogen-bond donors (Lipinski definition) is 1. The Bertz CT molecular complexity index is 461. The van der Waals surface area contributed by atoms with Crippen LogP contribution in [0.4, 0.5) is 10.1 Å². The standard InChI is InChI=1S/C14H19FN2O2/c1-10(2)17(11(3)18)9-8-14(19)16-13-7-5-4-6-12(13)15/h4-7,10H,8-9H2,1-3H3,(H,16,19). The Morgan fingerprint density at radius 1 is 1.32 bits per heavy atom. The minimum atomic E-state index is -0.469. The van der Waals surface area contributed by atoms with Gasteiger partial charge in [-0.05, 0) is 26.0 Å². The van der Waals surface area contributed by atoms with E-state index in [0.717, 1.165) is 0 Å². The van der Waals surface area contributed by atoms with Gasteiger partial charge in [-0.1, -0.05) is 12.1 Å². The van der Waals surface area contributed by atoms with Gasteiger partial charge in [0.2, 0.25) is 11.8 Å². The van der Waals surface area contributed by atoms with E-state index in [4.69, 9.17) is 0 Å². The lowest BCUT2D eigenvalue weighted by Gasteiger charge is -2.24. The van der Waals surface area contributed by atoms with E-state index in [9.17, 15) is 14.0 Å². The highest BCUT2D eigenvalue weighted by atomic mass is 19.1. The Labute approximate surface area is 112 Å². The zero-order valence-corrected chi connectivity index (χ0v) is 11.4. The number of nitrogens with one attached hydrogen (secondary N) is 1. The monoisotopic (exact) mass is 266 g/mol. The van der Waals surface area contributed by atoms with Crippen molar-refractivity contribution in [3.63, 3.8) is 0 Å². The van der Waals surface area contributed by atoms with E-state index >= 15 is 0 Å². The number of carbonyl (C=O) groups is 2. The molecule has 1 aromatic carbocycles. The molecule has 0 aromatic heterocycles. The molecule has 2 amide bonds. The summed E-state index contributed by atoms with van der Waals surface area (Å²) >= 11 is 0. The molecule has 0 bridgehead atoms. The molecule has 0 radical (unpaired) electrons. The third-order valence-electron chi connectivity index (χ3n) is 2.76. The van der Waals surface area contributed by atoms with Crippen LogP contribution < -0.4 is 5.32 Å². The Hall–Kier alpha value is -1.91. The number of rotatable bonds is 5. The van der Waals surface area contributed by atoms with E-state index in [1.54, 1.807) is 17.0 Å². The van der Waals surface area contributed by atoms with Gasteiger partial charge in [-0.2, -0.15) is 0 Å². The number of halogens is 1. The zero-order valence-electron chi connectivity index (χ0n) is 11.4. The summed E-state index contributed by atoms with van der Waals surface area (Å²) in [5.41, 5.74) is 0.159. The van der Waals surface area contributed by atoms with Crippen molar-refractivity contribution >= 4 is 17.5 Å². The van der Waals surface area contributed by atoms with Gasteiger partial charge in [0.05, 0.1) is 5.69 Å². The second-order valence-corrected chi connectivity index (χ2v) is 4.58. The highest BCUT2D eigenvalue weighted by molar-refractivity contribution is 5.91. The molecule has 0 fully saturated rings. The number of benzene rings is 1. The first kappa shape index (κ1) is 15.1. The second-order valence-electron chi connectivity index (χ2n) is 4.58. The summed E-state index contributed by atoms with van der Waals surface area (Å²) in [6.07, 6.45) is 0.145. The van der Waals surface area contributed by atoms with Gasteiger partial charge in [-0.25, -0.2) is 4.39 Å². The molecule has 4 nitrogen and oxygen atoms in total. The summed E-state index contributed by atoms with van der Waals surface area (Å²) in [4.78, 5) is 24.6. The van der Waals surface area contributed by atoms with Crippen molar-refractivity contribution in [2.24, 2.45) is 0 Å². The molecule has 1 rings (SSSR count). The molecule has 0 heterocycles. The predicted molar refractivity (Wildman–Crippen MR) is 72.2 cm³/mol. The van der Waals surface area contributed by atoms with Crippen LogP contribution in [0.1, 0.15) is 27.2 Å². The lowest BCUT2D eigenvalue weighted by atomic mass is 10.2. The molecule has 1 N–H and O–H groups in total. The number of amides is 2. The van der Waals surface area contributed by atoms with Crippen molar-refractivity contribution in [3.8, 4) is 0 Å². The smallest absolute Gasteiger partial charge is 0.226 e. The van der Waals surface area contributed by atoms with Crippen LogP contribution in [0.3, 0.4) is 0 Å². The average Bonchev–Trinajstić information content (AvgIpc) is 2.31. The Morgan fingerprint density at radius 2 is 1.95 bits per heavy atom. The van der Waals surface area contributed by atoms with Crippen LogP contribution >= 0.6 is 0 Å². The van der Waals surface area contributed by atoms with E-state index in [1.807, 2.05) is 13.8 Å². The van der Waals surface area contributed by atoms with Gasteiger partial charge in [-0.15, -0.1) is 0 Å². The maximum Gasteiger partial charge on any atom is 0.226 e. The van der Waals surface area contributed by atoms with Gasteiger partial charge in [-0.3, -0.25) is 9.59 Å². The van der Waals surface area contributed by atoms with Crippen LogP contribution in [-0.4, -0.2) is 29.3 Å². The topological polar surface area (TPSA) is 49.4 Å². The van der Waals surface area contributed by atoms with Gasteiger partial charge >= 0.3 is 0 Å². The Kier molecular flexibility index (Phi) is 5.48. The predicted octanol–water partition coefficient (Wildman–Crippen LogP) is 2.41. The summed E-state index contributed by atoms with van der Waals surface area (Å²) < 4.78 is 13.3. The molecule has 0 spiro atoms. The summed E-state index contributed by atoms with van der Waals surface area (Å²) in [7, 11) is 0. The van der Waals surface area contributed by atoms with Crippen LogP contribution in [0.25, 0.3) is 0 Å². The van der Waals surface area contributed by atoms with Crippen molar-refractivity contribution in [1.82, 2.24) is 4.90 Å².